The van der Waals surface area contributed by atoms with Gasteiger partial charge in [0.05, 0.1) is 13.2 Å². The third-order valence-corrected chi connectivity index (χ3v) is 4.63. The van der Waals surface area contributed by atoms with E-state index in [0.29, 0.717) is 17.7 Å². The molecule has 0 saturated carbocycles. The first-order chi connectivity index (χ1) is 11.7. The van der Waals surface area contributed by atoms with Gasteiger partial charge in [-0.25, -0.2) is 0 Å². The molecule has 4 nitrogen and oxygen atoms in total. The van der Waals surface area contributed by atoms with E-state index in [4.69, 9.17) is 4.74 Å². The second-order valence-corrected chi connectivity index (χ2v) is 6.19. The number of rotatable bonds is 5. The van der Waals surface area contributed by atoms with Crippen molar-refractivity contribution in [2.24, 2.45) is 0 Å². The average Bonchev–Trinajstić information content (AvgIpc) is 3.10. The van der Waals surface area contributed by atoms with Gasteiger partial charge in [0, 0.05) is 18.2 Å². The Labute approximate surface area is 142 Å². The summed E-state index contributed by atoms with van der Waals surface area (Å²) >= 11 is 0. The number of benzene rings is 2. The molecule has 126 valence electrons. The normalized spacial score (nSPS) is 18.4. The Morgan fingerprint density at radius 1 is 1.25 bits per heavy atom. The topological polar surface area (TPSA) is 49.8 Å². The predicted octanol–water partition coefficient (Wildman–Crippen LogP) is 3.42. The van der Waals surface area contributed by atoms with Gasteiger partial charge in [-0.1, -0.05) is 36.4 Å². The number of hydrogen-bond acceptors (Lipinski definition) is 3. The Bertz CT molecular complexity index is 686. The Morgan fingerprint density at radius 2 is 2.04 bits per heavy atom. The monoisotopic (exact) mass is 325 g/mol. The van der Waals surface area contributed by atoms with Crippen LogP contribution in [0.15, 0.2) is 54.6 Å². The van der Waals surface area contributed by atoms with E-state index in [9.17, 15) is 9.90 Å². The van der Waals surface area contributed by atoms with Crippen LogP contribution in [0.4, 0.5) is 0 Å². The van der Waals surface area contributed by atoms with Crippen LogP contribution in [-0.2, 0) is 0 Å². The van der Waals surface area contributed by atoms with Gasteiger partial charge in [0.25, 0.3) is 5.91 Å². The van der Waals surface area contributed by atoms with Gasteiger partial charge < -0.3 is 14.7 Å². The molecular formula is C20H23NO3. The molecule has 1 saturated heterocycles. The zero-order valence-electron chi connectivity index (χ0n) is 13.9. The number of aliphatic hydroxyl groups is 1. The first-order valence-corrected chi connectivity index (χ1v) is 8.37. The molecule has 4 heteroatoms. The molecule has 0 aromatic heterocycles. The van der Waals surface area contributed by atoms with Crippen molar-refractivity contribution in [2.75, 3.05) is 13.7 Å². The van der Waals surface area contributed by atoms with Gasteiger partial charge in [-0.3, -0.25) is 4.79 Å². The maximum atomic E-state index is 12.8. The van der Waals surface area contributed by atoms with Crippen molar-refractivity contribution >= 4 is 5.91 Å². The van der Waals surface area contributed by atoms with Crippen molar-refractivity contribution in [3.63, 3.8) is 0 Å². The zero-order chi connectivity index (χ0) is 16.9. The molecule has 0 spiro atoms. The van der Waals surface area contributed by atoms with Crippen LogP contribution in [0.2, 0.25) is 0 Å². The highest BCUT2D eigenvalue weighted by molar-refractivity contribution is 5.95. The van der Waals surface area contributed by atoms with Crippen LogP contribution in [-0.4, -0.2) is 35.6 Å². The number of aliphatic hydroxyl groups excluding tert-OH is 1. The second-order valence-electron chi connectivity index (χ2n) is 6.19. The smallest absolute Gasteiger partial charge is 0.254 e. The lowest BCUT2D eigenvalue weighted by Crippen LogP contribution is -2.36. The van der Waals surface area contributed by atoms with E-state index < -0.39 is 6.10 Å². The minimum atomic E-state index is -0.546. The fourth-order valence-corrected chi connectivity index (χ4v) is 3.34. The lowest BCUT2D eigenvalue weighted by Gasteiger charge is -2.27. The maximum Gasteiger partial charge on any atom is 0.254 e. The second kappa shape index (κ2) is 7.49. The van der Waals surface area contributed by atoms with E-state index in [1.165, 1.54) is 0 Å². The van der Waals surface area contributed by atoms with Crippen LogP contribution in [0.3, 0.4) is 0 Å². The van der Waals surface area contributed by atoms with Crippen LogP contribution < -0.4 is 4.74 Å². The van der Waals surface area contributed by atoms with Gasteiger partial charge in [0.1, 0.15) is 5.75 Å². The number of amides is 1. The highest BCUT2D eigenvalue weighted by Gasteiger charge is 2.31. The highest BCUT2D eigenvalue weighted by atomic mass is 16.5. The zero-order valence-corrected chi connectivity index (χ0v) is 13.9. The van der Waals surface area contributed by atoms with E-state index in [2.05, 4.69) is 0 Å². The molecule has 2 atom stereocenters. The lowest BCUT2D eigenvalue weighted by molar-refractivity contribution is 0.0666. The number of carbonyl (C=O) groups is 1. The fraction of sp³-hybridized carbons (Fsp3) is 0.350. The third-order valence-electron chi connectivity index (χ3n) is 4.63. The summed E-state index contributed by atoms with van der Waals surface area (Å²) in [5.74, 6) is 0.692. The number of ether oxygens (including phenoxy) is 1. The van der Waals surface area contributed by atoms with E-state index in [1.807, 2.05) is 53.4 Å². The van der Waals surface area contributed by atoms with E-state index in [1.54, 1.807) is 13.2 Å². The molecule has 2 aromatic carbocycles. The third kappa shape index (κ3) is 3.60. The summed E-state index contributed by atoms with van der Waals surface area (Å²) in [6, 6.07) is 16.9. The summed E-state index contributed by atoms with van der Waals surface area (Å²) in [6.45, 7) is 0.738. The van der Waals surface area contributed by atoms with Crippen molar-refractivity contribution in [2.45, 2.75) is 31.4 Å². The molecule has 24 heavy (non-hydrogen) atoms. The van der Waals surface area contributed by atoms with Gasteiger partial charge in [0.2, 0.25) is 0 Å². The van der Waals surface area contributed by atoms with Gasteiger partial charge in [-0.15, -0.1) is 0 Å². The molecule has 0 radical (unpaired) electrons. The van der Waals surface area contributed by atoms with Gasteiger partial charge in [-0.2, -0.15) is 0 Å². The van der Waals surface area contributed by atoms with E-state index in [0.717, 1.165) is 24.9 Å². The standard InChI is InChI=1S/C20H23NO3/c1-24-18-11-5-9-16(13-18)20(23)21-12-6-10-17(21)14-19(22)15-7-3-2-4-8-15/h2-5,7-9,11,13,17,19,22H,6,10,12,14H2,1H3/t17-,19-/m1/s1. The van der Waals surface area contributed by atoms with Crippen molar-refractivity contribution < 1.29 is 14.6 Å². The van der Waals surface area contributed by atoms with Crippen molar-refractivity contribution in [1.29, 1.82) is 0 Å². The molecule has 0 aliphatic carbocycles. The molecule has 0 unspecified atom stereocenters. The molecule has 3 rings (SSSR count). The minimum absolute atomic E-state index is 0.0108. The molecule has 1 aliphatic rings. The molecule has 1 fully saturated rings. The Hall–Kier alpha value is -2.33. The number of hydrogen-bond donors (Lipinski definition) is 1. The van der Waals surface area contributed by atoms with Gasteiger partial charge >= 0.3 is 0 Å². The fourth-order valence-electron chi connectivity index (χ4n) is 3.34. The summed E-state index contributed by atoms with van der Waals surface area (Å²) in [5, 5.41) is 10.5. The molecule has 1 aliphatic heterocycles. The van der Waals surface area contributed by atoms with Crippen LogP contribution in [0.25, 0.3) is 0 Å². The van der Waals surface area contributed by atoms with Crippen LogP contribution in [0.1, 0.15) is 41.3 Å². The highest BCUT2D eigenvalue weighted by Crippen LogP contribution is 2.29. The van der Waals surface area contributed by atoms with Crippen molar-refractivity contribution in [1.82, 2.24) is 4.90 Å². The summed E-state index contributed by atoms with van der Waals surface area (Å²) < 4.78 is 5.21. The predicted molar refractivity (Wildman–Crippen MR) is 93.1 cm³/mol. The quantitative estimate of drug-likeness (QED) is 0.916. The molecule has 0 bridgehead atoms. The Balaban J connectivity index is 1.71. The van der Waals surface area contributed by atoms with Crippen LogP contribution in [0.5, 0.6) is 5.75 Å². The van der Waals surface area contributed by atoms with Gasteiger partial charge in [-0.05, 0) is 43.0 Å². The Kier molecular flexibility index (Phi) is 5.16. The lowest BCUT2D eigenvalue weighted by atomic mass is 10.00. The van der Waals surface area contributed by atoms with Gasteiger partial charge in [0.15, 0.2) is 0 Å². The SMILES string of the molecule is COc1cccc(C(=O)N2CCC[C@@H]2C[C@@H](O)c2ccccc2)c1. The number of likely N-dealkylation sites (tertiary alicyclic amines) is 1. The number of carbonyl (C=O) groups excluding carboxylic acids is 1. The summed E-state index contributed by atoms with van der Waals surface area (Å²) in [6.07, 6.45) is 1.93. The summed E-state index contributed by atoms with van der Waals surface area (Å²) in [5.41, 5.74) is 1.54. The van der Waals surface area contributed by atoms with Crippen molar-refractivity contribution in [3.05, 3.63) is 65.7 Å². The first kappa shape index (κ1) is 16.5. The molecular weight excluding hydrogens is 302 g/mol. The molecule has 1 heterocycles. The average molecular weight is 325 g/mol. The minimum Gasteiger partial charge on any atom is -0.497 e. The largest absolute Gasteiger partial charge is 0.497 e. The van der Waals surface area contributed by atoms with E-state index in [-0.39, 0.29) is 11.9 Å². The van der Waals surface area contributed by atoms with E-state index >= 15 is 0 Å². The molecule has 1 N–H and O–H groups in total. The van der Waals surface area contributed by atoms with Crippen LogP contribution >= 0.6 is 0 Å². The molecule has 1 amide bonds. The Morgan fingerprint density at radius 3 is 2.79 bits per heavy atom. The first-order valence-electron chi connectivity index (χ1n) is 8.37. The summed E-state index contributed by atoms with van der Waals surface area (Å²) in [7, 11) is 1.60. The number of nitrogens with zero attached hydrogens (tertiary/aromatic N) is 1. The van der Waals surface area contributed by atoms with Crippen LogP contribution in [0, 0.1) is 0 Å². The number of methoxy groups -OCH3 is 1. The molecule has 2 aromatic rings. The van der Waals surface area contributed by atoms with Crippen molar-refractivity contribution in [3.8, 4) is 5.75 Å². The summed E-state index contributed by atoms with van der Waals surface area (Å²) in [4.78, 5) is 14.7. The maximum absolute atomic E-state index is 12.8.